The molecule has 0 N–H and O–H groups in total. The van der Waals surface area contributed by atoms with Crippen LogP contribution < -0.4 is 15.1 Å². The summed E-state index contributed by atoms with van der Waals surface area (Å²) in [6, 6.07) is 14.7. The molecule has 7 heteroatoms. The molecule has 0 aliphatic rings. The molecule has 0 amide bonds. The number of esters is 2. The minimum atomic E-state index is -0.822. The fourth-order valence-electron chi connectivity index (χ4n) is 2.33. The normalized spacial score (nSPS) is 10.4. The first-order chi connectivity index (χ1) is 13.1. The molecule has 1 heterocycles. The lowest BCUT2D eigenvalue weighted by Crippen LogP contribution is -2.18. The first-order valence-corrected chi connectivity index (χ1v) is 8.20. The van der Waals surface area contributed by atoms with Crippen molar-refractivity contribution in [3.8, 4) is 11.5 Å². The van der Waals surface area contributed by atoms with Gasteiger partial charge in [0.05, 0.1) is 6.61 Å². The van der Waals surface area contributed by atoms with Gasteiger partial charge in [0, 0.05) is 11.5 Å². The van der Waals surface area contributed by atoms with Gasteiger partial charge in [-0.25, -0.2) is 14.4 Å². The van der Waals surface area contributed by atoms with Gasteiger partial charge in [-0.2, -0.15) is 0 Å². The van der Waals surface area contributed by atoms with Crippen LogP contribution in [0.25, 0.3) is 11.0 Å². The molecule has 7 nitrogen and oxygen atoms in total. The average molecular weight is 368 g/mol. The Kier molecular flexibility index (Phi) is 5.51. The van der Waals surface area contributed by atoms with Crippen molar-refractivity contribution >= 4 is 22.9 Å². The smallest absolute Gasteiger partial charge is 0.351 e. The van der Waals surface area contributed by atoms with Crippen LogP contribution >= 0.6 is 0 Å². The molecule has 27 heavy (non-hydrogen) atoms. The Morgan fingerprint density at radius 3 is 2.52 bits per heavy atom. The number of fused-ring (bicyclic) bond motifs is 1. The number of para-hydroxylation sites is 1. The molecule has 0 saturated carbocycles. The summed E-state index contributed by atoms with van der Waals surface area (Å²) in [5.41, 5.74) is -0.829. The summed E-state index contributed by atoms with van der Waals surface area (Å²) >= 11 is 0. The van der Waals surface area contributed by atoms with Crippen LogP contribution in [0.4, 0.5) is 0 Å². The van der Waals surface area contributed by atoms with Crippen LogP contribution in [0, 0.1) is 0 Å². The van der Waals surface area contributed by atoms with Gasteiger partial charge in [-0.3, -0.25) is 0 Å². The number of hydrogen-bond donors (Lipinski definition) is 0. The van der Waals surface area contributed by atoms with E-state index >= 15 is 0 Å². The Labute approximate surface area is 154 Å². The lowest BCUT2D eigenvalue weighted by Gasteiger charge is -2.07. The topological polar surface area (TPSA) is 92.0 Å². The van der Waals surface area contributed by atoms with Gasteiger partial charge in [0.1, 0.15) is 22.6 Å². The molecule has 138 valence electrons. The van der Waals surface area contributed by atoms with Crippen LogP contribution in [0.15, 0.2) is 63.8 Å². The summed E-state index contributed by atoms with van der Waals surface area (Å²) in [4.78, 5) is 35.6. The predicted octanol–water partition coefficient (Wildman–Crippen LogP) is 2.95. The van der Waals surface area contributed by atoms with E-state index in [1.54, 1.807) is 37.3 Å². The molecule has 0 bridgehead atoms. The van der Waals surface area contributed by atoms with E-state index < -0.39 is 17.6 Å². The fourth-order valence-corrected chi connectivity index (χ4v) is 2.33. The van der Waals surface area contributed by atoms with Gasteiger partial charge < -0.3 is 18.6 Å². The molecule has 0 atom stereocenters. The van der Waals surface area contributed by atoms with Gasteiger partial charge in [0.2, 0.25) is 0 Å². The zero-order chi connectivity index (χ0) is 19.2. The van der Waals surface area contributed by atoms with E-state index in [4.69, 9.17) is 18.6 Å². The maximum absolute atomic E-state index is 11.9. The third kappa shape index (κ3) is 4.52. The number of hydrogen-bond acceptors (Lipinski definition) is 7. The van der Waals surface area contributed by atoms with E-state index in [1.807, 2.05) is 6.07 Å². The van der Waals surface area contributed by atoms with Gasteiger partial charge in [-0.15, -0.1) is 0 Å². The summed E-state index contributed by atoms with van der Waals surface area (Å²) in [6.07, 6.45) is 0. The maximum Gasteiger partial charge on any atom is 0.351 e. The molecule has 0 aliphatic heterocycles. The number of carbonyl (C=O) groups excluding carboxylic acids is 2. The Hall–Kier alpha value is -3.61. The molecule has 0 unspecified atom stereocenters. The minimum Gasteiger partial charge on any atom is -0.482 e. The lowest BCUT2D eigenvalue weighted by atomic mass is 10.2. The summed E-state index contributed by atoms with van der Waals surface area (Å²) in [6.45, 7) is 1.52. The summed E-state index contributed by atoms with van der Waals surface area (Å²) in [7, 11) is 0. The molecule has 2 aromatic carbocycles. The standard InChI is InChI=1S/C20H16O7/c1-2-24-19(22)16-10-13-8-9-15(11-17(13)27-20(16)23)26-18(21)12-25-14-6-4-3-5-7-14/h3-11H,2,12H2,1H3. The molecule has 3 rings (SSSR count). The maximum atomic E-state index is 11.9. The summed E-state index contributed by atoms with van der Waals surface area (Å²) in [5.74, 6) is -0.618. The van der Waals surface area contributed by atoms with Crippen molar-refractivity contribution in [2.75, 3.05) is 13.2 Å². The molecular weight excluding hydrogens is 352 g/mol. The third-order valence-corrected chi connectivity index (χ3v) is 3.53. The van der Waals surface area contributed by atoms with Crippen molar-refractivity contribution in [3.63, 3.8) is 0 Å². The molecular formula is C20H16O7. The Bertz CT molecular complexity index is 1020. The van der Waals surface area contributed by atoms with Crippen LogP contribution in [0.3, 0.4) is 0 Å². The van der Waals surface area contributed by atoms with E-state index in [0.29, 0.717) is 11.1 Å². The Morgan fingerprint density at radius 1 is 1.00 bits per heavy atom. The molecule has 0 saturated heterocycles. The molecule has 1 aromatic heterocycles. The quantitative estimate of drug-likeness (QED) is 0.375. The monoisotopic (exact) mass is 368 g/mol. The molecule has 0 aliphatic carbocycles. The fraction of sp³-hybridized carbons (Fsp3) is 0.150. The first kappa shape index (κ1) is 18.2. The molecule has 0 fully saturated rings. The van der Waals surface area contributed by atoms with Crippen molar-refractivity contribution in [3.05, 3.63) is 70.6 Å². The highest BCUT2D eigenvalue weighted by atomic mass is 16.6. The van der Waals surface area contributed by atoms with Crippen molar-refractivity contribution in [2.24, 2.45) is 0 Å². The van der Waals surface area contributed by atoms with Gasteiger partial charge in [0.15, 0.2) is 6.61 Å². The van der Waals surface area contributed by atoms with E-state index in [0.717, 1.165) is 0 Å². The van der Waals surface area contributed by atoms with Crippen LogP contribution in [0.2, 0.25) is 0 Å². The zero-order valence-electron chi connectivity index (χ0n) is 14.5. The number of carbonyl (C=O) groups is 2. The Balaban J connectivity index is 1.72. The van der Waals surface area contributed by atoms with E-state index in [2.05, 4.69) is 0 Å². The van der Waals surface area contributed by atoms with Crippen molar-refractivity contribution in [1.29, 1.82) is 0 Å². The van der Waals surface area contributed by atoms with Crippen LogP contribution in [-0.4, -0.2) is 25.2 Å². The lowest BCUT2D eigenvalue weighted by molar-refractivity contribution is -0.136. The second-order valence-corrected chi connectivity index (χ2v) is 5.44. The van der Waals surface area contributed by atoms with E-state index in [-0.39, 0.29) is 30.1 Å². The second kappa shape index (κ2) is 8.18. The molecule has 0 radical (unpaired) electrons. The van der Waals surface area contributed by atoms with Gasteiger partial charge in [-0.05, 0) is 37.3 Å². The highest BCUT2D eigenvalue weighted by Crippen LogP contribution is 2.21. The van der Waals surface area contributed by atoms with Crippen LogP contribution in [-0.2, 0) is 9.53 Å². The summed E-state index contributed by atoms with van der Waals surface area (Å²) in [5, 5.41) is 0.498. The Morgan fingerprint density at radius 2 is 1.78 bits per heavy atom. The first-order valence-electron chi connectivity index (χ1n) is 8.20. The largest absolute Gasteiger partial charge is 0.482 e. The predicted molar refractivity (Wildman–Crippen MR) is 96.0 cm³/mol. The average Bonchev–Trinajstić information content (AvgIpc) is 2.67. The van der Waals surface area contributed by atoms with Gasteiger partial charge in [-0.1, -0.05) is 18.2 Å². The molecule has 3 aromatic rings. The minimum absolute atomic E-state index is 0.149. The van der Waals surface area contributed by atoms with Gasteiger partial charge >= 0.3 is 17.6 Å². The molecule has 0 spiro atoms. The highest BCUT2D eigenvalue weighted by molar-refractivity contribution is 5.93. The second-order valence-electron chi connectivity index (χ2n) is 5.44. The van der Waals surface area contributed by atoms with Gasteiger partial charge in [0.25, 0.3) is 0 Å². The number of rotatable bonds is 6. The number of ether oxygens (including phenoxy) is 3. The van der Waals surface area contributed by atoms with Crippen molar-refractivity contribution in [1.82, 2.24) is 0 Å². The SMILES string of the molecule is CCOC(=O)c1cc2ccc(OC(=O)COc3ccccc3)cc2oc1=O. The van der Waals surface area contributed by atoms with Crippen LogP contribution in [0.1, 0.15) is 17.3 Å². The summed E-state index contributed by atoms with van der Waals surface area (Å²) < 4.78 is 20.4. The van der Waals surface area contributed by atoms with E-state index in [9.17, 15) is 14.4 Å². The van der Waals surface area contributed by atoms with E-state index in [1.165, 1.54) is 18.2 Å². The third-order valence-electron chi connectivity index (χ3n) is 3.53. The van der Waals surface area contributed by atoms with Crippen LogP contribution in [0.5, 0.6) is 11.5 Å². The highest BCUT2D eigenvalue weighted by Gasteiger charge is 2.15. The zero-order valence-corrected chi connectivity index (χ0v) is 14.5. The van der Waals surface area contributed by atoms with Crippen molar-refractivity contribution in [2.45, 2.75) is 6.92 Å². The van der Waals surface area contributed by atoms with Crippen molar-refractivity contribution < 1.29 is 28.2 Å². The number of benzene rings is 2.